The van der Waals surface area contributed by atoms with E-state index in [-0.39, 0.29) is 30.6 Å². The van der Waals surface area contributed by atoms with E-state index in [4.69, 9.17) is 15.6 Å². The Labute approximate surface area is 194 Å². The lowest BCUT2D eigenvalue weighted by atomic mass is 10.1. The Hall–Kier alpha value is -2.78. The van der Waals surface area contributed by atoms with Crippen molar-refractivity contribution in [2.45, 2.75) is 38.5 Å². The number of rotatable bonds is 7. The minimum Gasteiger partial charge on any atom is -0.444 e. The average Bonchev–Trinajstić information content (AvgIpc) is 2.76. The van der Waals surface area contributed by atoms with E-state index in [1.54, 1.807) is 75.4 Å². The Balaban J connectivity index is 0.000000639. The quantitative estimate of drug-likeness (QED) is 0.459. The van der Waals surface area contributed by atoms with Crippen LogP contribution in [0.2, 0.25) is 0 Å². The lowest BCUT2D eigenvalue weighted by molar-refractivity contribution is 0.0467. The number of hydrogen-bond acceptors (Lipinski definition) is 7. The van der Waals surface area contributed by atoms with Gasteiger partial charge in [0.15, 0.2) is 11.6 Å². The molecule has 1 amide bonds. The summed E-state index contributed by atoms with van der Waals surface area (Å²) in [4.78, 5) is 34.9. The van der Waals surface area contributed by atoms with Crippen LogP contribution < -0.4 is 11.1 Å². The van der Waals surface area contributed by atoms with Crippen molar-refractivity contribution < 1.29 is 29.3 Å². The van der Waals surface area contributed by atoms with Gasteiger partial charge in [0.05, 0.1) is 19.3 Å². The molecule has 0 radical (unpaired) electrons. The molecule has 0 aliphatic heterocycles. The van der Waals surface area contributed by atoms with Crippen LogP contribution in [0.15, 0.2) is 60.7 Å². The Bertz CT molecular complexity index is 841. The average molecular weight is 467 g/mol. The molecule has 176 valence electrons. The second-order valence-electron chi connectivity index (χ2n) is 7.63. The summed E-state index contributed by atoms with van der Waals surface area (Å²) in [5, 5.41) is 20.2. The minimum absolute atomic E-state index is 0. The second kappa shape index (κ2) is 14.3. The highest BCUT2D eigenvalue weighted by Gasteiger charge is 2.24. The third-order valence-electron chi connectivity index (χ3n) is 3.84. The van der Waals surface area contributed by atoms with Gasteiger partial charge in [-0.15, -0.1) is 12.4 Å². The van der Waals surface area contributed by atoms with Gasteiger partial charge in [-0.3, -0.25) is 9.59 Å². The molecule has 0 saturated heterocycles. The molecule has 0 aromatic heterocycles. The van der Waals surface area contributed by atoms with Gasteiger partial charge in [0.1, 0.15) is 11.6 Å². The Morgan fingerprint density at radius 2 is 1.31 bits per heavy atom. The number of ketones is 2. The van der Waals surface area contributed by atoms with Crippen molar-refractivity contribution in [2.75, 3.05) is 13.2 Å². The molecule has 0 saturated carbocycles. The molecule has 0 aliphatic rings. The summed E-state index contributed by atoms with van der Waals surface area (Å²) >= 11 is 0. The van der Waals surface area contributed by atoms with Crippen LogP contribution in [0, 0.1) is 0 Å². The molecule has 0 spiro atoms. The third-order valence-corrected chi connectivity index (χ3v) is 3.84. The fourth-order valence-corrected chi connectivity index (χ4v) is 2.35. The first-order chi connectivity index (χ1) is 14.6. The van der Waals surface area contributed by atoms with Crippen LogP contribution in [0.5, 0.6) is 0 Å². The predicted octanol–water partition coefficient (Wildman–Crippen LogP) is 2.37. The van der Waals surface area contributed by atoms with Crippen molar-refractivity contribution in [1.82, 2.24) is 5.32 Å². The summed E-state index contributed by atoms with van der Waals surface area (Å²) in [6.45, 7) is 4.37. The number of alkyl carbamates (subject to hydrolysis) is 1. The highest BCUT2D eigenvalue weighted by Crippen LogP contribution is 2.08. The standard InChI is InChI=1S/C14H19NO4.C9H11NO2.ClH/c1-14(2,3)19-13(18)15-11(9-16)12(17)10-7-5-4-6-8-10;10-8(6-11)9(12)7-4-2-1-3-5-7;/h4-8,11,16H,9H2,1-3H3,(H,15,18);1-5,8,11H,6,10H2;1H. The zero-order chi connectivity index (χ0) is 23.4. The molecule has 0 aliphatic carbocycles. The van der Waals surface area contributed by atoms with Crippen LogP contribution in [0.25, 0.3) is 0 Å². The highest BCUT2D eigenvalue weighted by atomic mass is 35.5. The van der Waals surface area contributed by atoms with Crippen LogP contribution in [0.1, 0.15) is 41.5 Å². The van der Waals surface area contributed by atoms with Gasteiger partial charge in [-0.25, -0.2) is 4.79 Å². The summed E-state index contributed by atoms with van der Waals surface area (Å²) in [6, 6.07) is 15.4. The van der Waals surface area contributed by atoms with E-state index in [0.29, 0.717) is 11.1 Å². The predicted molar refractivity (Wildman–Crippen MR) is 124 cm³/mol. The van der Waals surface area contributed by atoms with E-state index >= 15 is 0 Å². The van der Waals surface area contributed by atoms with Crippen molar-refractivity contribution in [1.29, 1.82) is 0 Å². The van der Waals surface area contributed by atoms with Crippen molar-refractivity contribution in [3.8, 4) is 0 Å². The first-order valence-corrected chi connectivity index (χ1v) is 9.74. The molecule has 8 nitrogen and oxygen atoms in total. The van der Waals surface area contributed by atoms with E-state index in [9.17, 15) is 19.5 Å². The first kappa shape index (κ1) is 29.2. The zero-order valence-corrected chi connectivity index (χ0v) is 19.2. The molecular weight excluding hydrogens is 436 g/mol. The van der Waals surface area contributed by atoms with Crippen molar-refractivity contribution >= 4 is 30.1 Å². The van der Waals surface area contributed by atoms with Gasteiger partial charge < -0.3 is 26.0 Å². The fraction of sp³-hybridized carbons (Fsp3) is 0.348. The van der Waals surface area contributed by atoms with Gasteiger partial charge in [-0.2, -0.15) is 0 Å². The van der Waals surface area contributed by atoms with Crippen molar-refractivity contribution in [3.05, 3.63) is 71.8 Å². The number of Topliss-reactive ketones (excluding diaryl/α,β-unsaturated/α-hetero) is 2. The molecule has 9 heteroatoms. The van der Waals surface area contributed by atoms with Crippen molar-refractivity contribution in [3.63, 3.8) is 0 Å². The lowest BCUT2D eigenvalue weighted by Gasteiger charge is -2.22. The number of amides is 1. The molecule has 5 N–H and O–H groups in total. The summed E-state index contributed by atoms with van der Waals surface area (Å²) in [5.74, 6) is -0.577. The number of nitrogens with one attached hydrogen (secondary N) is 1. The minimum atomic E-state index is -1.00. The van der Waals surface area contributed by atoms with Gasteiger partial charge in [0.25, 0.3) is 0 Å². The summed E-state index contributed by atoms with van der Waals surface area (Å²) in [6.07, 6.45) is -0.726. The maximum atomic E-state index is 12.0. The number of carbonyl (C=O) groups excluding carboxylic acids is 3. The third kappa shape index (κ3) is 10.5. The smallest absolute Gasteiger partial charge is 0.408 e. The molecule has 2 atom stereocenters. The van der Waals surface area contributed by atoms with Crippen LogP contribution in [-0.2, 0) is 4.74 Å². The second-order valence-corrected chi connectivity index (χ2v) is 7.63. The molecule has 2 rings (SSSR count). The van der Waals surface area contributed by atoms with E-state index in [0.717, 1.165) is 0 Å². The molecule has 2 aromatic carbocycles. The molecular formula is C23H31ClN2O6. The van der Waals surface area contributed by atoms with Crippen LogP contribution in [-0.4, -0.2) is 58.8 Å². The number of nitrogens with two attached hydrogens (primary N) is 1. The number of hydrogen-bond donors (Lipinski definition) is 4. The molecule has 0 bridgehead atoms. The summed E-state index contributed by atoms with van der Waals surface area (Å²) < 4.78 is 5.04. The molecule has 2 unspecified atom stereocenters. The Morgan fingerprint density at radius 1 is 0.875 bits per heavy atom. The first-order valence-electron chi connectivity index (χ1n) is 9.74. The SMILES string of the molecule is CC(C)(C)OC(=O)NC(CO)C(=O)c1ccccc1.Cl.NC(CO)C(=O)c1ccccc1. The number of carbonyl (C=O) groups is 3. The van der Waals surface area contributed by atoms with Gasteiger partial charge in [0, 0.05) is 11.1 Å². The van der Waals surface area contributed by atoms with Gasteiger partial charge in [0.2, 0.25) is 0 Å². The molecule has 2 aromatic rings. The van der Waals surface area contributed by atoms with Gasteiger partial charge in [-0.05, 0) is 20.8 Å². The fourth-order valence-electron chi connectivity index (χ4n) is 2.35. The Kier molecular flexibility index (Phi) is 13.1. The van der Waals surface area contributed by atoms with E-state index < -0.39 is 30.4 Å². The van der Waals surface area contributed by atoms with E-state index in [1.165, 1.54) is 0 Å². The number of aliphatic hydroxyl groups excluding tert-OH is 2. The number of benzene rings is 2. The largest absolute Gasteiger partial charge is 0.444 e. The normalized spacial score (nSPS) is 12.2. The summed E-state index contributed by atoms with van der Waals surface area (Å²) in [7, 11) is 0. The number of halogens is 1. The molecule has 0 fully saturated rings. The van der Waals surface area contributed by atoms with Crippen LogP contribution >= 0.6 is 12.4 Å². The highest BCUT2D eigenvalue weighted by molar-refractivity contribution is 6.01. The van der Waals surface area contributed by atoms with Crippen molar-refractivity contribution in [2.24, 2.45) is 5.73 Å². The maximum Gasteiger partial charge on any atom is 0.408 e. The van der Waals surface area contributed by atoms with E-state index in [2.05, 4.69) is 5.32 Å². The monoisotopic (exact) mass is 466 g/mol. The van der Waals surface area contributed by atoms with Crippen LogP contribution in [0.4, 0.5) is 4.79 Å². The number of ether oxygens (including phenoxy) is 1. The van der Waals surface area contributed by atoms with Gasteiger partial charge >= 0.3 is 6.09 Å². The summed E-state index contributed by atoms with van der Waals surface area (Å²) in [5.41, 5.74) is 5.67. The topological polar surface area (TPSA) is 139 Å². The maximum absolute atomic E-state index is 12.0. The zero-order valence-electron chi connectivity index (χ0n) is 18.4. The lowest BCUT2D eigenvalue weighted by Crippen LogP contribution is -2.45. The number of aliphatic hydroxyl groups is 2. The Morgan fingerprint density at radius 3 is 1.69 bits per heavy atom. The van der Waals surface area contributed by atoms with Crippen LogP contribution in [0.3, 0.4) is 0 Å². The molecule has 0 heterocycles. The van der Waals surface area contributed by atoms with E-state index in [1.807, 2.05) is 6.07 Å². The molecule has 32 heavy (non-hydrogen) atoms. The van der Waals surface area contributed by atoms with Gasteiger partial charge in [-0.1, -0.05) is 60.7 Å².